The SMILES string of the molecule is O=C(Cn1cncn1)Nc1cccc(C(=O)O)c1. The summed E-state index contributed by atoms with van der Waals surface area (Å²) in [5.74, 6) is -1.34. The molecule has 0 aliphatic rings. The smallest absolute Gasteiger partial charge is 0.335 e. The van der Waals surface area contributed by atoms with Crippen molar-refractivity contribution in [2.45, 2.75) is 6.54 Å². The molecule has 0 spiro atoms. The van der Waals surface area contributed by atoms with Gasteiger partial charge in [0.05, 0.1) is 5.56 Å². The molecule has 0 radical (unpaired) electrons. The number of nitrogens with zero attached hydrogens (tertiary/aromatic N) is 3. The van der Waals surface area contributed by atoms with Crippen molar-refractivity contribution < 1.29 is 14.7 Å². The molecule has 0 atom stereocenters. The third kappa shape index (κ3) is 2.91. The Balaban J connectivity index is 2.03. The summed E-state index contributed by atoms with van der Waals surface area (Å²) >= 11 is 0. The number of hydrogen-bond acceptors (Lipinski definition) is 4. The van der Waals surface area contributed by atoms with Gasteiger partial charge in [0.1, 0.15) is 19.2 Å². The van der Waals surface area contributed by atoms with Crippen molar-refractivity contribution in [2.24, 2.45) is 0 Å². The minimum atomic E-state index is -1.04. The van der Waals surface area contributed by atoms with Crippen LogP contribution in [0.5, 0.6) is 0 Å². The zero-order valence-electron chi connectivity index (χ0n) is 9.28. The standard InChI is InChI=1S/C11H10N4O3/c16-10(5-15-7-12-6-13-15)14-9-3-1-2-8(4-9)11(17)18/h1-4,6-7H,5H2,(H,14,16)(H,17,18). The number of hydrogen-bond donors (Lipinski definition) is 2. The number of aromatic nitrogens is 3. The van der Waals surface area contributed by atoms with E-state index in [4.69, 9.17) is 5.11 Å². The Morgan fingerprint density at radius 2 is 2.22 bits per heavy atom. The minimum absolute atomic E-state index is 0.0251. The first-order valence-electron chi connectivity index (χ1n) is 5.11. The van der Waals surface area contributed by atoms with Crippen molar-refractivity contribution >= 4 is 17.6 Å². The quantitative estimate of drug-likeness (QED) is 0.824. The molecule has 1 aromatic carbocycles. The van der Waals surface area contributed by atoms with E-state index in [0.717, 1.165) is 0 Å². The molecule has 2 aromatic rings. The second kappa shape index (κ2) is 5.09. The number of nitrogens with one attached hydrogen (secondary N) is 1. The maximum Gasteiger partial charge on any atom is 0.335 e. The molecule has 18 heavy (non-hydrogen) atoms. The molecule has 2 N–H and O–H groups in total. The summed E-state index contributed by atoms with van der Waals surface area (Å²) in [6.07, 6.45) is 2.76. The number of anilines is 1. The van der Waals surface area contributed by atoms with Gasteiger partial charge in [0.25, 0.3) is 0 Å². The van der Waals surface area contributed by atoms with Gasteiger partial charge >= 0.3 is 5.97 Å². The van der Waals surface area contributed by atoms with Crippen molar-refractivity contribution in [3.05, 3.63) is 42.5 Å². The normalized spacial score (nSPS) is 10.0. The van der Waals surface area contributed by atoms with Gasteiger partial charge in [-0.1, -0.05) is 6.07 Å². The van der Waals surface area contributed by atoms with Crippen molar-refractivity contribution in [1.82, 2.24) is 14.8 Å². The van der Waals surface area contributed by atoms with Crippen LogP contribution in [0.15, 0.2) is 36.9 Å². The molecule has 0 saturated carbocycles. The highest BCUT2D eigenvalue weighted by molar-refractivity contribution is 5.93. The zero-order chi connectivity index (χ0) is 13.0. The highest BCUT2D eigenvalue weighted by Crippen LogP contribution is 2.10. The summed E-state index contributed by atoms with van der Waals surface area (Å²) < 4.78 is 1.37. The van der Waals surface area contributed by atoms with E-state index in [2.05, 4.69) is 15.4 Å². The van der Waals surface area contributed by atoms with Crippen LogP contribution in [0, 0.1) is 0 Å². The van der Waals surface area contributed by atoms with E-state index in [0.29, 0.717) is 5.69 Å². The predicted octanol–water partition coefficient (Wildman–Crippen LogP) is 0.615. The number of carboxylic acid groups (broad SMARTS) is 1. The lowest BCUT2D eigenvalue weighted by Gasteiger charge is -2.05. The molecule has 0 aliphatic carbocycles. The maximum absolute atomic E-state index is 11.6. The molecule has 2 rings (SSSR count). The van der Waals surface area contributed by atoms with Gasteiger partial charge in [0.2, 0.25) is 5.91 Å². The van der Waals surface area contributed by atoms with E-state index in [9.17, 15) is 9.59 Å². The summed E-state index contributed by atoms with van der Waals surface area (Å²) in [5, 5.41) is 15.2. The van der Waals surface area contributed by atoms with Crippen LogP contribution in [0.25, 0.3) is 0 Å². The Morgan fingerprint density at radius 1 is 1.39 bits per heavy atom. The Bertz CT molecular complexity index is 565. The molecule has 0 bridgehead atoms. The fraction of sp³-hybridized carbons (Fsp3) is 0.0909. The molecule has 0 saturated heterocycles. The largest absolute Gasteiger partial charge is 0.478 e. The lowest BCUT2D eigenvalue weighted by molar-refractivity contribution is -0.116. The Morgan fingerprint density at radius 3 is 2.89 bits per heavy atom. The zero-order valence-corrected chi connectivity index (χ0v) is 9.28. The van der Waals surface area contributed by atoms with E-state index in [1.54, 1.807) is 12.1 Å². The van der Waals surface area contributed by atoms with Crippen LogP contribution in [-0.4, -0.2) is 31.7 Å². The lowest BCUT2D eigenvalue weighted by Crippen LogP contribution is -2.19. The van der Waals surface area contributed by atoms with Crippen molar-refractivity contribution in [3.63, 3.8) is 0 Å². The van der Waals surface area contributed by atoms with Crippen LogP contribution in [0.4, 0.5) is 5.69 Å². The van der Waals surface area contributed by atoms with Gasteiger partial charge in [-0.05, 0) is 18.2 Å². The molecule has 92 valence electrons. The molecule has 7 heteroatoms. The molecule has 0 unspecified atom stereocenters. The summed E-state index contributed by atoms with van der Waals surface area (Å²) in [4.78, 5) is 26.1. The summed E-state index contributed by atoms with van der Waals surface area (Å²) in [6.45, 7) is 0.0251. The van der Waals surface area contributed by atoms with Crippen LogP contribution < -0.4 is 5.32 Å². The number of carboxylic acids is 1. The molecule has 1 heterocycles. The van der Waals surface area contributed by atoms with Crippen LogP contribution in [-0.2, 0) is 11.3 Å². The summed E-state index contributed by atoms with van der Waals surface area (Å²) in [5.41, 5.74) is 0.550. The Kier molecular flexibility index (Phi) is 3.33. The second-order valence-electron chi connectivity index (χ2n) is 3.53. The van der Waals surface area contributed by atoms with Gasteiger partial charge in [-0.15, -0.1) is 0 Å². The third-order valence-corrected chi connectivity index (χ3v) is 2.17. The van der Waals surface area contributed by atoms with Crippen LogP contribution in [0.2, 0.25) is 0 Å². The third-order valence-electron chi connectivity index (χ3n) is 2.17. The van der Waals surface area contributed by atoms with Gasteiger partial charge in [0.15, 0.2) is 0 Å². The van der Waals surface area contributed by atoms with E-state index < -0.39 is 5.97 Å². The number of carbonyl (C=O) groups excluding carboxylic acids is 1. The highest BCUT2D eigenvalue weighted by Gasteiger charge is 2.07. The topological polar surface area (TPSA) is 97.1 Å². The van der Waals surface area contributed by atoms with Gasteiger partial charge in [-0.3, -0.25) is 4.79 Å². The molecular weight excluding hydrogens is 236 g/mol. The van der Waals surface area contributed by atoms with Crippen molar-refractivity contribution in [1.29, 1.82) is 0 Å². The molecule has 0 aliphatic heterocycles. The number of aromatic carboxylic acids is 1. The Labute approximate surface area is 102 Å². The Hall–Kier alpha value is -2.70. The number of amides is 1. The van der Waals surface area contributed by atoms with Crippen molar-refractivity contribution in [3.8, 4) is 0 Å². The van der Waals surface area contributed by atoms with E-state index >= 15 is 0 Å². The second-order valence-corrected chi connectivity index (χ2v) is 3.53. The molecule has 7 nitrogen and oxygen atoms in total. The first-order chi connectivity index (χ1) is 8.65. The monoisotopic (exact) mass is 246 g/mol. The van der Waals surface area contributed by atoms with Crippen molar-refractivity contribution in [2.75, 3.05) is 5.32 Å². The van der Waals surface area contributed by atoms with Gasteiger partial charge in [-0.2, -0.15) is 5.10 Å². The van der Waals surface area contributed by atoms with Crippen LogP contribution in [0.1, 0.15) is 10.4 Å². The van der Waals surface area contributed by atoms with Crippen LogP contribution in [0.3, 0.4) is 0 Å². The highest BCUT2D eigenvalue weighted by atomic mass is 16.4. The molecule has 1 amide bonds. The summed E-state index contributed by atoms with van der Waals surface area (Å²) in [7, 11) is 0. The summed E-state index contributed by atoms with van der Waals surface area (Å²) in [6, 6.07) is 6.02. The average Bonchev–Trinajstić information content (AvgIpc) is 2.82. The number of rotatable bonds is 4. The fourth-order valence-corrected chi connectivity index (χ4v) is 1.39. The van der Waals surface area contributed by atoms with Gasteiger partial charge < -0.3 is 10.4 Å². The number of carbonyl (C=O) groups is 2. The molecule has 1 aromatic heterocycles. The first-order valence-corrected chi connectivity index (χ1v) is 5.11. The molecule has 0 fully saturated rings. The molecular formula is C11H10N4O3. The average molecular weight is 246 g/mol. The van der Waals surface area contributed by atoms with E-state index in [-0.39, 0.29) is 18.0 Å². The number of benzene rings is 1. The fourth-order valence-electron chi connectivity index (χ4n) is 1.39. The van der Waals surface area contributed by atoms with E-state index in [1.807, 2.05) is 0 Å². The first kappa shape index (κ1) is 11.8. The predicted molar refractivity (Wildman–Crippen MR) is 62.1 cm³/mol. The van der Waals surface area contributed by atoms with Crippen LogP contribution >= 0.6 is 0 Å². The minimum Gasteiger partial charge on any atom is -0.478 e. The lowest BCUT2D eigenvalue weighted by atomic mass is 10.2. The van der Waals surface area contributed by atoms with Gasteiger partial charge in [0, 0.05) is 5.69 Å². The van der Waals surface area contributed by atoms with E-state index in [1.165, 1.54) is 29.5 Å². The maximum atomic E-state index is 11.6. The van der Waals surface area contributed by atoms with Gasteiger partial charge in [-0.25, -0.2) is 14.5 Å².